The summed E-state index contributed by atoms with van der Waals surface area (Å²) in [5, 5.41) is 13.5. The number of hydrogen-bond acceptors (Lipinski definition) is 4. The lowest BCUT2D eigenvalue weighted by Gasteiger charge is -2.48. The van der Waals surface area contributed by atoms with Crippen LogP contribution in [0.25, 0.3) is 10.9 Å². The lowest BCUT2D eigenvalue weighted by atomic mass is 9.78. The van der Waals surface area contributed by atoms with Gasteiger partial charge >= 0.3 is 12.1 Å². The molecule has 2 fully saturated rings. The Labute approximate surface area is 202 Å². The van der Waals surface area contributed by atoms with E-state index in [0.29, 0.717) is 25.7 Å². The van der Waals surface area contributed by atoms with Crippen molar-refractivity contribution < 1.29 is 32.3 Å². The molecule has 5 rings (SSSR count). The highest BCUT2D eigenvalue weighted by atomic mass is 35.5. The molecule has 3 atom stereocenters. The Bertz CT molecular complexity index is 1330. The summed E-state index contributed by atoms with van der Waals surface area (Å²) in [6.07, 6.45) is -1.97. The number of fused-ring (bicyclic) bond motifs is 3. The summed E-state index contributed by atoms with van der Waals surface area (Å²) in [6, 6.07) is 6.51. The molecule has 6 nitrogen and oxygen atoms in total. The Kier molecular flexibility index (Phi) is 5.74. The third-order valence-electron chi connectivity index (χ3n) is 6.93. The fraction of sp³-hybridized carbons (Fsp3) is 0.375. The number of hydrogen-bond donors (Lipinski definition) is 1. The van der Waals surface area contributed by atoms with E-state index in [1.807, 2.05) is 4.90 Å². The molecule has 0 radical (unpaired) electrons. The van der Waals surface area contributed by atoms with Gasteiger partial charge in [0, 0.05) is 12.1 Å². The summed E-state index contributed by atoms with van der Waals surface area (Å²) in [6.45, 7) is 0. The molecule has 2 aliphatic heterocycles. The monoisotopic (exact) mass is 509 g/mol. The number of carbonyl (C=O) groups excluding carboxylic acids is 1. The Hall–Kier alpha value is -3.14. The second-order valence-corrected chi connectivity index (χ2v) is 9.39. The van der Waals surface area contributed by atoms with Crippen molar-refractivity contribution in [1.29, 1.82) is 0 Å². The molecule has 35 heavy (non-hydrogen) atoms. The number of nitrogens with zero attached hydrogens (tertiary/aromatic N) is 3. The van der Waals surface area contributed by atoms with Crippen molar-refractivity contribution in [1.82, 2.24) is 9.78 Å². The maximum atomic E-state index is 15.1. The molecule has 0 saturated carbocycles. The first-order valence-corrected chi connectivity index (χ1v) is 11.5. The van der Waals surface area contributed by atoms with E-state index in [-0.39, 0.29) is 28.8 Å². The lowest BCUT2D eigenvalue weighted by molar-refractivity contribution is -0.143. The van der Waals surface area contributed by atoms with E-state index < -0.39 is 45.9 Å². The van der Waals surface area contributed by atoms with Gasteiger partial charge in [-0.3, -0.25) is 9.59 Å². The van der Waals surface area contributed by atoms with Gasteiger partial charge in [0.15, 0.2) is 5.82 Å². The Balaban J connectivity index is 1.67. The fourth-order valence-corrected chi connectivity index (χ4v) is 5.71. The smallest absolute Gasteiger partial charge is 0.417 e. The molecule has 3 heterocycles. The average Bonchev–Trinajstić information content (AvgIpc) is 3.17. The molecule has 2 unspecified atom stereocenters. The van der Waals surface area contributed by atoms with Crippen molar-refractivity contribution >= 4 is 40.2 Å². The Morgan fingerprint density at radius 2 is 1.71 bits per heavy atom. The third-order valence-corrected chi connectivity index (χ3v) is 7.25. The molecule has 0 aliphatic carbocycles. The van der Waals surface area contributed by atoms with E-state index in [1.54, 1.807) is 0 Å². The number of aliphatic carboxylic acids is 1. The lowest BCUT2D eigenvalue weighted by Crippen LogP contribution is -2.53. The number of rotatable bonds is 3. The number of alkyl halides is 3. The molecule has 2 saturated heterocycles. The first kappa shape index (κ1) is 23.6. The SMILES string of the molecule is O=C(O)C1CC2CCC[C@@H](C1)N2c1nn(C(=O)c2c(Cl)cccc2C(F)(F)F)c2cccc(F)c12. The highest BCUT2D eigenvalue weighted by Crippen LogP contribution is 2.43. The summed E-state index contributed by atoms with van der Waals surface area (Å²) < 4.78 is 56.9. The quantitative estimate of drug-likeness (QED) is 0.454. The number of benzene rings is 2. The zero-order chi connectivity index (χ0) is 25.1. The zero-order valence-corrected chi connectivity index (χ0v) is 19.0. The van der Waals surface area contributed by atoms with Crippen LogP contribution in [0.2, 0.25) is 5.02 Å². The van der Waals surface area contributed by atoms with Crippen molar-refractivity contribution in [3.05, 3.63) is 58.4 Å². The minimum atomic E-state index is -4.84. The van der Waals surface area contributed by atoms with Crippen LogP contribution in [-0.4, -0.2) is 38.8 Å². The Morgan fingerprint density at radius 3 is 2.34 bits per heavy atom. The van der Waals surface area contributed by atoms with Gasteiger partial charge in [0.1, 0.15) is 5.82 Å². The van der Waals surface area contributed by atoms with E-state index >= 15 is 4.39 Å². The molecule has 0 spiro atoms. The van der Waals surface area contributed by atoms with Gasteiger partial charge in [0.05, 0.1) is 33.0 Å². The molecule has 11 heteroatoms. The number of carbonyl (C=O) groups is 2. The highest BCUT2D eigenvalue weighted by molar-refractivity contribution is 6.34. The van der Waals surface area contributed by atoms with Gasteiger partial charge in [-0.15, -0.1) is 5.10 Å². The van der Waals surface area contributed by atoms with Crippen LogP contribution in [0.1, 0.15) is 48.0 Å². The normalized spacial score (nSPS) is 22.4. The van der Waals surface area contributed by atoms with Crippen molar-refractivity contribution in [3.63, 3.8) is 0 Å². The van der Waals surface area contributed by atoms with Gasteiger partial charge in [-0.1, -0.05) is 23.7 Å². The molecule has 1 aromatic heterocycles. The second kappa shape index (κ2) is 8.51. The number of anilines is 1. The van der Waals surface area contributed by atoms with Gasteiger partial charge in [-0.25, -0.2) is 4.39 Å². The first-order valence-electron chi connectivity index (χ1n) is 11.2. The van der Waals surface area contributed by atoms with E-state index in [2.05, 4.69) is 5.10 Å². The first-order chi connectivity index (χ1) is 16.6. The summed E-state index contributed by atoms with van der Waals surface area (Å²) in [5.74, 6) is -3.11. The van der Waals surface area contributed by atoms with Gasteiger partial charge in [-0.2, -0.15) is 17.9 Å². The molecular weight excluding hydrogens is 490 g/mol. The average molecular weight is 510 g/mol. The van der Waals surface area contributed by atoms with Crippen LogP contribution in [0.3, 0.4) is 0 Å². The molecule has 3 aromatic rings. The van der Waals surface area contributed by atoms with Crippen LogP contribution in [-0.2, 0) is 11.0 Å². The summed E-state index contributed by atoms with van der Waals surface area (Å²) in [7, 11) is 0. The predicted octanol–water partition coefficient (Wildman–Crippen LogP) is 5.76. The zero-order valence-electron chi connectivity index (χ0n) is 18.2. The van der Waals surface area contributed by atoms with E-state index in [9.17, 15) is 27.9 Å². The maximum absolute atomic E-state index is 15.1. The summed E-state index contributed by atoms with van der Waals surface area (Å²) >= 11 is 6.04. The molecule has 184 valence electrons. The number of carboxylic acids is 1. The standard InChI is InChI=1S/C24H20ClF4N3O3/c25-16-7-2-6-15(24(27,28)29)19(16)22(33)32-18-9-3-8-17(26)20(18)21(30-32)31-13-4-1-5-14(31)11-12(10-13)23(34)35/h2-3,6-9,12-14H,1,4-5,10-11H2,(H,34,35)/t12?,13-,14?/m0/s1. The Morgan fingerprint density at radius 1 is 1.06 bits per heavy atom. The highest BCUT2D eigenvalue weighted by Gasteiger charge is 2.43. The molecule has 2 bridgehead atoms. The number of carboxylic acid groups (broad SMARTS) is 1. The van der Waals surface area contributed by atoms with Crippen LogP contribution in [0, 0.1) is 11.7 Å². The fourth-order valence-electron chi connectivity index (χ4n) is 5.46. The largest absolute Gasteiger partial charge is 0.481 e. The summed E-state index contributed by atoms with van der Waals surface area (Å²) in [4.78, 5) is 26.9. The van der Waals surface area contributed by atoms with Crippen molar-refractivity contribution in [2.75, 3.05) is 4.90 Å². The molecule has 0 amide bonds. The predicted molar refractivity (Wildman–Crippen MR) is 120 cm³/mol. The molecule has 1 N–H and O–H groups in total. The van der Waals surface area contributed by atoms with Gasteiger partial charge in [0.2, 0.25) is 0 Å². The molecule has 2 aromatic carbocycles. The van der Waals surface area contributed by atoms with Crippen LogP contribution in [0.15, 0.2) is 36.4 Å². The third kappa shape index (κ3) is 3.93. The van der Waals surface area contributed by atoms with Gasteiger partial charge in [-0.05, 0) is 56.4 Å². The van der Waals surface area contributed by atoms with Crippen molar-refractivity contribution in [2.24, 2.45) is 5.92 Å². The van der Waals surface area contributed by atoms with Crippen LogP contribution >= 0.6 is 11.6 Å². The molecule has 2 aliphatic rings. The van der Waals surface area contributed by atoms with Crippen LogP contribution in [0.4, 0.5) is 23.4 Å². The number of halogens is 5. The van der Waals surface area contributed by atoms with Crippen molar-refractivity contribution in [3.8, 4) is 0 Å². The van der Waals surface area contributed by atoms with Crippen molar-refractivity contribution in [2.45, 2.75) is 50.4 Å². The second-order valence-electron chi connectivity index (χ2n) is 8.99. The minimum Gasteiger partial charge on any atom is -0.481 e. The van der Waals surface area contributed by atoms with Gasteiger partial charge in [0.25, 0.3) is 5.91 Å². The van der Waals surface area contributed by atoms with Crippen LogP contribution < -0.4 is 4.90 Å². The van der Waals surface area contributed by atoms with Gasteiger partial charge < -0.3 is 10.0 Å². The van der Waals surface area contributed by atoms with Crippen LogP contribution in [0.5, 0.6) is 0 Å². The number of piperidine rings is 2. The number of aromatic nitrogens is 2. The topological polar surface area (TPSA) is 75.4 Å². The van der Waals surface area contributed by atoms with E-state index in [4.69, 9.17) is 11.6 Å². The van der Waals surface area contributed by atoms with E-state index in [1.165, 1.54) is 24.3 Å². The summed E-state index contributed by atoms with van der Waals surface area (Å²) in [5.41, 5.74) is -1.97. The minimum absolute atomic E-state index is 0.00661. The molecular formula is C24H20ClF4N3O3. The van der Waals surface area contributed by atoms with E-state index in [0.717, 1.165) is 23.2 Å². The maximum Gasteiger partial charge on any atom is 0.417 e.